The van der Waals surface area contributed by atoms with Crippen LogP contribution in [0.25, 0.3) is 17.0 Å². The maximum atomic E-state index is 12.8. The molecule has 1 N–H and O–H groups in total. The topological polar surface area (TPSA) is 50.7 Å². The summed E-state index contributed by atoms with van der Waals surface area (Å²) in [6.07, 6.45) is 5.22. The highest BCUT2D eigenvalue weighted by Gasteiger charge is 2.23. The number of aryl methyl sites for hydroxylation is 2. The summed E-state index contributed by atoms with van der Waals surface area (Å²) in [5, 5.41) is 1.12. The van der Waals surface area contributed by atoms with E-state index in [0.717, 1.165) is 46.4 Å². The average Bonchev–Trinajstić information content (AvgIpc) is 3.06. The van der Waals surface area contributed by atoms with Crippen LogP contribution in [-0.4, -0.2) is 20.4 Å². The molecule has 104 valence electrons. The lowest BCUT2D eigenvalue weighted by molar-refractivity contribution is 0.0946. The summed E-state index contributed by atoms with van der Waals surface area (Å²) >= 11 is 0. The number of aromatic nitrogens is 3. The number of para-hydroxylation sites is 1. The predicted octanol–water partition coefficient (Wildman–Crippen LogP) is 3.34. The van der Waals surface area contributed by atoms with E-state index in [9.17, 15) is 4.79 Å². The number of allylic oxidation sites excluding steroid dienone is 1. The minimum Gasteiger partial charge on any atom is -0.348 e. The average molecular weight is 277 g/mol. The van der Waals surface area contributed by atoms with E-state index in [1.807, 2.05) is 35.8 Å². The minimum atomic E-state index is 0.0693. The van der Waals surface area contributed by atoms with E-state index in [4.69, 9.17) is 0 Å². The Morgan fingerprint density at radius 3 is 2.95 bits per heavy atom. The molecule has 1 aromatic carbocycles. The van der Waals surface area contributed by atoms with Crippen LogP contribution < -0.4 is 0 Å². The number of benzene rings is 1. The molecule has 1 aliphatic rings. The molecule has 0 spiro atoms. The van der Waals surface area contributed by atoms with Gasteiger partial charge in [0.25, 0.3) is 5.91 Å². The lowest BCUT2D eigenvalue weighted by Gasteiger charge is -2.17. The standard InChI is InChI=1S/C17H15N3O/c1-11-15(19-10-18-11)9-13-6-7-14-8-12-4-2-3-5-16(12)20(14)17(13)21/h2-5,8-10H,6-7H2,1H3,(H,18,19). The Kier molecular flexibility index (Phi) is 2.57. The molecular formula is C17H15N3O. The maximum Gasteiger partial charge on any atom is 0.258 e. The van der Waals surface area contributed by atoms with Crippen LogP contribution in [0.15, 0.2) is 42.2 Å². The number of hydrogen-bond donors (Lipinski definition) is 1. The van der Waals surface area contributed by atoms with Crippen molar-refractivity contribution >= 4 is 22.9 Å². The van der Waals surface area contributed by atoms with Crippen LogP contribution in [-0.2, 0) is 6.42 Å². The van der Waals surface area contributed by atoms with Crippen molar-refractivity contribution < 1.29 is 4.79 Å². The minimum absolute atomic E-state index is 0.0693. The van der Waals surface area contributed by atoms with Crippen molar-refractivity contribution in [1.29, 1.82) is 0 Å². The van der Waals surface area contributed by atoms with Gasteiger partial charge in [0, 0.05) is 22.3 Å². The number of nitrogens with one attached hydrogen (secondary N) is 1. The molecule has 1 aliphatic heterocycles. The number of imidazole rings is 1. The zero-order chi connectivity index (χ0) is 14.4. The first-order valence-corrected chi connectivity index (χ1v) is 7.08. The molecule has 0 amide bonds. The van der Waals surface area contributed by atoms with Crippen molar-refractivity contribution in [2.45, 2.75) is 19.8 Å². The van der Waals surface area contributed by atoms with E-state index in [2.05, 4.69) is 22.1 Å². The third-order valence-corrected chi connectivity index (χ3v) is 4.10. The monoisotopic (exact) mass is 277 g/mol. The number of nitrogens with zero attached hydrogens (tertiary/aromatic N) is 2. The summed E-state index contributed by atoms with van der Waals surface area (Å²) in [5.41, 5.74) is 4.73. The van der Waals surface area contributed by atoms with Crippen molar-refractivity contribution in [3.8, 4) is 0 Å². The van der Waals surface area contributed by atoms with Gasteiger partial charge in [0.05, 0.1) is 17.5 Å². The van der Waals surface area contributed by atoms with E-state index in [1.54, 1.807) is 6.33 Å². The van der Waals surface area contributed by atoms with Crippen LogP contribution in [0.3, 0.4) is 0 Å². The molecule has 0 aliphatic carbocycles. The van der Waals surface area contributed by atoms with Gasteiger partial charge in [-0.3, -0.25) is 9.36 Å². The number of hydrogen-bond acceptors (Lipinski definition) is 2. The maximum absolute atomic E-state index is 12.8. The molecule has 0 radical (unpaired) electrons. The highest BCUT2D eigenvalue weighted by molar-refractivity contribution is 6.06. The van der Waals surface area contributed by atoms with Crippen LogP contribution in [0.2, 0.25) is 0 Å². The molecule has 4 nitrogen and oxygen atoms in total. The molecule has 0 unspecified atom stereocenters. The summed E-state index contributed by atoms with van der Waals surface area (Å²) in [4.78, 5) is 20.1. The van der Waals surface area contributed by atoms with Crippen molar-refractivity contribution in [2.24, 2.45) is 0 Å². The molecule has 4 rings (SSSR count). The highest BCUT2D eigenvalue weighted by Crippen LogP contribution is 2.28. The zero-order valence-electron chi connectivity index (χ0n) is 11.8. The summed E-state index contributed by atoms with van der Waals surface area (Å²) in [5.74, 6) is 0.0693. The van der Waals surface area contributed by atoms with Gasteiger partial charge in [0.15, 0.2) is 0 Å². The number of H-pyrrole nitrogens is 1. The van der Waals surface area contributed by atoms with Crippen molar-refractivity contribution in [1.82, 2.24) is 14.5 Å². The van der Waals surface area contributed by atoms with Crippen LogP contribution in [0, 0.1) is 6.92 Å². The second kappa shape index (κ2) is 4.45. The third kappa shape index (κ3) is 1.83. The number of rotatable bonds is 1. The van der Waals surface area contributed by atoms with Gasteiger partial charge in [-0.15, -0.1) is 0 Å². The fraction of sp³-hybridized carbons (Fsp3) is 0.176. The van der Waals surface area contributed by atoms with Crippen molar-refractivity contribution in [3.05, 3.63) is 59.3 Å². The van der Waals surface area contributed by atoms with Gasteiger partial charge in [-0.25, -0.2) is 4.98 Å². The van der Waals surface area contributed by atoms with Crippen molar-refractivity contribution in [2.75, 3.05) is 0 Å². The van der Waals surface area contributed by atoms with Gasteiger partial charge >= 0.3 is 0 Å². The first kappa shape index (κ1) is 12.1. The number of carbonyl (C=O) groups excluding carboxylic acids is 1. The summed E-state index contributed by atoms with van der Waals surface area (Å²) in [6.45, 7) is 1.96. The van der Waals surface area contributed by atoms with E-state index in [-0.39, 0.29) is 5.91 Å². The third-order valence-electron chi connectivity index (χ3n) is 4.10. The van der Waals surface area contributed by atoms with Gasteiger partial charge in [0.1, 0.15) is 0 Å². The summed E-state index contributed by atoms with van der Waals surface area (Å²) < 4.78 is 1.84. The molecule has 0 saturated heterocycles. The number of fused-ring (bicyclic) bond motifs is 3. The Morgan fingerprint density at radius 1 is 1.29 bits per heavy atom. The number of aromatic amines is 1. The van der Waals surface area contributed by atoms with E-state index in [0.29, 0.717) is 0 Å². The largest absolute Gasteiger partial charge is 0.348 e. The Balaban J connectivity index is 1.85. The van der Waals surface area contributed by atoms with Gasteiger partial charge in [-0.1, -0.05) is 18.2 Å². The van der Waals surface area contributed by atoms with Crippen molar-refractivity contribution in [3.63, 3.8) is 0 Å². The molecule has 0 saturated carbocycles. The van der Waals surface area contributed by atoms with Gasteiger partial charge in [-0.05, 0) is 38.0 Å². The first-order valence-electron chi connectivity index (χ1n) is 7.08. The van der Waals surface area contributed by atoms with E-state index >= 15 is 0 Å². The van der Waals surface area contributed by atoms with E-state index in [1.165, 1.54) is 0 Å². The zero-order valence-corrected chi connectivity index (χ0v) is 11.8. The van der Waals surface area contributed by atoms with Crippen LogP contribution in [0.1, 0.15) is 28.3 Å². The van der Waals surface area contributed by atoms with Crippen LogP contribution in [0.4, 0.5) is 0 Å². The summed E-state index contributed by atoms with van der Waals surface area (Å²) in [7, 11) is 0. The first-order chi connectivity index (χ1) is 10.2. The molecule has 0 atom stereocenters. The molecule has 0 bridgehead atoms. The molecule has 3 heterocycles. The molecule has 21 heavy (non-hydrogen) atoms. The van der Waals surface area contributed by atoms with Crippen LogP contribution in [0.5, 0.6) is 0 Å². The second-order valence-electron chi connectivity index (χ2n) is 5.42. The van der Waals surface area contributed by atoms with Gasteiger partial charge < -0.3 is 4.98 Å². The quantitative estimate of drug-likeness (QED) is 0.693. The predicted molar refractivity (Wildman–Crippen MR) is 82.2 cm³/mol. The lowest BCUT2D eigenvalue weighted by atomic mass is 10.0. The fourth-order valence-electron chi connectivity index (χ4n) is 2.96. The Bertz CT molecular complexity index is 882. The fourth-order valence-corrected chi connectivity index (χ4v) is 2.96. The smallest absolute Gasteiger partial charge is 0.258 e. The number of carbonyl (C=O) groups is 1. The summed E-state index contributed by atoms with van der Waals surface area (Å²) in [6, 6.07) is 10.1. The molecule has 3 aromatic rings. The molecule has 0 fully saturated rings. The Hall–Kier alpha value is -2.62. The Morgan fingerprint density at radius 2 is 2.14 bits per heavy atom. The lowest BCUT2D eigenvalue weighted by Crippen LogP contribution is -2.21. The van der Waals surface area contributed by atoms with E-state index < -0.39 is 0 Å². The highest BCUT2D eigenvalue weighted by atomic mass is 16.2. The van der Waals surface area contributed by atoms with Gasteiger partial charge in [-0.2, -0.15) is 0 Å². The SMILES string of the molecule is Cc1[nH]cnc1C=C1CCc2cc3ccccc3n2C1=O. The second-order valence-corrected chi connectivity index (χ2v) is 5.42. The molecule has 2 aromatic heterocycles. The molecule has 4 heteroatoms. The molecular weight excluding hydrogens is 262 g/mol. The Labute approximate surface area is 122 Å². The normalized spacial score (nSPS) is 16.6. The van der Waals surface area contributed by atoms with Crippen LogP contribution >= 0.6 is 0 Å². The van der Waals surface area contributed by atoms with Gasteiger partial charge in [0.2, 0.25) is 0 Å².